The van der Waals surface area contributed by atoms with E-state index in [1.807, 2.05) is 50.8 Å². The first-order chi connectivity index (χ1) is 12.8. The Hall–Kier alpha value is -1.88. The van der Waals surface area contributed by atoms with Gasteiger partial charge < -0.3 is 9.64 Å². The SMILES string of the molecule is CCC(CC)N1C(=O)C(C)c2c1cc(C)nc2Oc1c(C)cc(Br)cc1C. The smallest absolute Gasteiger partial charge is 0.234 e. The largest absolute Gasteiger partial charge is 0.438 e. The summed E-state index contributed by atoms with van der Waals surface area (Å²) in [4.78, 5) is 19.7. The fourth-order valence-electron chi connectivity index (χ4n) is 3.96. The minimum atomic E-state index is -0.250. The van der Waals surface area contributed by atoms with E-state index in [1.54, 1.807) is 0 Å². The molecule has 0 radical (unpaired) electrons. The van der Waals surface area contributed by atoms with Crippen LogP contribution in [0.25, 0.3) is 0 Å². The number of carbonyl (C=O) groups is 1. The van der Waals surface area contributed by atoms with Gasteiger partial charge in [0.15, 0.2) is 0 Å². The molecule has 2 aromatic rings. The summed E-state index contributed by atoms with van der Waals surface area (Å²) in [5.74, 6) is 1.24. The minimum Gasteiger partial charge on any atom is -0.438 e. The maximum absolute atomic E-state index is 13.1. The number of ether oxygens (including phenoxy) is 1. The molecule has 0 bridgehead atoms. The molecule has 144 valence electrons. The third-order valence-corrected chi connectivity index (χ3v) is 5.82. The Morgan fingerprint density at radius 1 is 1.15 bits per heavy atom. The summed E-state index contributed by atoms with van der Waals surface area (Å²) in [5, 5.41) is 0. The highest BCUT2D eigenvalue weighted by molar-refractivity contribution is 9.10. The fraction of sp³-hybridized carbons (Fsp3) is 0.455. The van der Waals surface area contributed by atoms with E-state index in [2.05, 4.69) is 34.8 Å². The van der Waals surface area contributed by atoms with Crippen molar-refractivity contribution in [2.45, 2.75) is 66.3 Å². The number of nitrogens with zero attached hydrogens (tertiary/aromatic N) is 2. The van der Waals surface area contributed by atoms with Gasteiger partial charge in [-0.2, -0.15) is 0 Å². The van der Waals surface area contributed by atoms with Crippen LogP contribution in [0.5, 0.6) is 11.6 Å². The second kappa shape index (κ2) is 7.63. The summed E-state index contributed by atoms with van der Waals surface area (Å²) in [7, 11) is 0. The Balaban J connectivity index is 2.13. The molecule has 0 saturated heterocycles. The lowest BCUT2D eigenvalue weighted by molar-refractivity contribution is -0.119. The van der Waals surface area contributed by atoms with Crippen molar-refractivity contribution in [1.29, 1.82) is 0 Å². The van der Waals surface area contributed by atoms with Gasteiger partial charge in [0.2, 0.25) is 11.8 Å². The molecule has 4 nitrogen and oxygen atoms in total. The van der Waals surface area contributed by atoms with Crippen LogP contribution in [0.4, 0.5) is 5.69 Å². The van der Waals surface area contributed by atoms with Crippen LogP contribution < -0.4 is 9.64 Å². The number of hydrogen-bond acceptors (Lipinski definition) is 3. The molecule has 5 heteroatoms. The van der Waals surface area contributed by atoms with E-state index in [9.17, 15) is 4.79 Å². The van der Waals surface area contributed by atoms with E-state index in [0.29, 0.717) is 5.88 Å². The molecule has 0 saturated carbocycles. The molecule has 0 fully saturated rings. The summed E-state index contributed by atoms with van der Waals surface area (Å²) < 4.78 is 7.35. The van der Waals surface area contributed by atoms with Gasteiger partial charge in [0.05, 0.1) is 17.2 Å². The maximum Gasteiger partial charge on any atom is 0.234 e. The number of pyridine rings is 1. The zero-order valence-corrected chi connectivity index (χ0v) is 18.5. The standard InChI is InChI=1S/C22H27BrN2O2/c1-7-17(8-2)25-18-11-14(5)24-21(19(18)15(6)22(25)26)27-20-12(3)9-16(23)10-13(20)4/h9-11,15,17H,7-8H2,1-6H3. The van der Waals surface area contributed by atoms with Gasteiger partial charge in [0.25, 0.3) is 0 Å². The Bertz CT molecular complexity index is 867. The van der Waals surface area contributed by atoms with Crippen molar-refractivity contribution in [1.82, 2.24) is 4.98 Å². The van der Waals surface area contributed by atoms with E-state index < -0.39 is 0 Å². The van der Waals surface area contributed by atoms with Crippen molar-refractivity contribution in [2.24, 2.45) is 0 Å². The Morgan fingerprint density at radius 3 is 2.30 bits per heavy atom. The Morgan fingerprint density at radius 2 is 1.74 bits per heavy atom. The number of aryl methyl sites for hydroxylation is 3. The lowest BCUT2D eigenvalue weighted by Crippen LogP contribution is -2.37. The Kier molecular flexibility index (Phi) is 5.61. The number of anilines is 1. The van der Waals surface area contributed by atoms with Crippen molar-refractivity contribution in [3.05, 3.63) is 45.1 Å². The van der Waals surface area contributed by atoms with E-state index in [1.165, 1.54) is 0 Å². The van der Waals surface area contributed by atoms with Gasteiger partial charge in [-0.3, -0.25) is 4.79 Å². The molecular formula is C22H27BrN2O2. The van der Waals surface area contributed by atoms with Crippen LogP contribution in [0.2, 0.25) is 0 Å². The molecular weight excluding hydrogens is 404 g/mol. The average Bonchev–Trinajstić information content (AvgIpc) is 2.84. The number of halogens is 1. The molecule has 27 heavy (non-hydrogen) atoms. The molecule has 1 atom stereocenters. The third kappa shape index (κ3) is 3.49. The van der Waals surface area contributed by atoms with Gasteiger partial charge in [-0.25, -0.2) is 4.98 Å². The molecule has 1 aliphatic rings. The summed E-state index contributed by atoms with van der Waals surface area (Å²) in [6.07, 6.45) is 1.85. The number of aromatic nitrogens is 1. The summed E-state index contributed by atoms with van der Waals surface area (Å²) >= 11 is 3.53. The zero-order valence-electron chi connectivity index (χ0n) is 16.9. The predicted molar refractivity (Wildman–Crippen MR) is 113 cm³/mol. The highest BCUT2D eigenvalue weighted by Gasteiger charge is 2.40. The summed E-state index contributed by atoms with van der Waals surface area (Å²) in [6, 6.07) is 6.28. The molecule has 3 rings (SSSR count). The number of hydrogen-bond donors (Lipinski definition) is 0. The molecule has 0 aliphatic carbocycles. The lowest BCUT2D eigenvalue weighted by atomic mass is 10.0. The Labute approximate surface area is 170 Å². The second-order valence-electron chi connectivity index (χ2n) is 7.37. The van der Waals surface area contributed by atoms with Gasteiger partial charge in [-0.1, -0.05) is 29.8 Å². The third-order valence-electron chi connectivity index (χ3n) is 5.36. The monoisotopic (exact) mass is 430 g/mol. The summed E-state index contributed by atoms with van der Waals surface area (Å²) in [6.45, 7) is 12.2. The van der Waals surface area contributed by atoms with Gasteiger partial charge in [-0.15, -0.1) is 0 Å². The van der Waals surface area contributed by atoms with Crippen molar-refractivity contribution < 1.29 is 9.53 Å². The molecule has 1 unspecified atom stereocenters. The van der Waals surface area contributed by atoms with Gasteiger partial charge in [0.1, 0.15) is 5.75 Å². The number of rotatable bonds is 5. The van der Waals surface area contributed by atoms with Crippen LogP contribution >= 0.6 is 15.9 Å². The number of fused-ring (bicyclic) bond motifs is 1. The first kappa shape index (κ1) is 19.9. The van der Waals surface area contributed by atoms with Crippen LogP contribution in [0.3, 0.4) is 0 Å². The van der Waals surface area contributed by atoms with Crippen LogP contribution in [0.15, 0.2) is 22.7 Å². The molecule has 0 spiro atoms. The molecule has 2 heterocycles. The van der Waals surface area contributed by atoms with E-state index in [0.717, 1.165) is 51.1 Å². The van der Waals surface area contributed by atoms with Crippen LogP contribution in [0, 0.1) is 20.8 Å². The van der Waals surface area contributed by atoms with Crippen LogP contribution in [-0.2, 0) is 4.79 Å². The zero-order chi connectivity index (χ0) is 19.9. The van der Waals surface area contributed by atoms with Crippen molar-refractivity contribution in [3.8, 4) is 11.6 Å². The van der Waals surface area contributed by atoms with Gasteiger partial charge >= 0.3 is 0 Å². The van der Waals surface area contributed by atoms with Gasteiger partial charge in [0, 0.05) is 16.2 Å². The normalized spacial score (nSPS) is 16.2. The van der Waals surface area contributed by atoms with Crippen molar-refractivity contribution in [3.63, 3.8) is 0 Å². The van der Waals surface area contributed by atoms with Gasteiger partial charge in [-0.05, 0) is 69.9 Å². The van der Waals surface area contributed by atoms with E-state index in [-0.39, 0.29) is 17.9 Å². The average molecular weight is 431 g/mol. The molecule has 0 N–H and O–H groups in total. The lowest BCUT2D eigenvalue weighted by Gasteiger charge is -2.27. The minimum absolute atomic E-state index is 0.139. The second-order valence-corrected chi connectivity index (χ2v) is 8.29. The molecule has 1 aromatic carbocycles. The fourth-order valence-corrected chi connectivity index (χ4v) is 4.65. The quantitative estimate of drug-likeness (QED) is 0.566. The summed E-state index contributed by atoms with van der Waals surface area (Å²) in [5.41, 5.74) is 4.78. The van der Waals surface area contributed by atoms with E-state index in [4.69, 9.17) is 4.74 Å². The number of benzene rings is 1. The first-order valence-electron chi connectivity index (χ1n) is 9.57. The molecule has 1 aliphatic heterocycles. The highest BCUT2D eigenvalue weighted by atomic mass is 79.9. The molecule has 1 aromatic heterocycles. The predicted octanol–water partition coefficient (Wildman–Crippen LogP) is 6.20. The van der Waals surface area contributed by atoms with Crippen molar-refractivity contribution >= 4 is 27.5 Å². The first-order valence-corrected chi connectivity index (χ1v) is 10.4. The highest BCUT2D eigenvalue weighted by Crippen LogP contribution is 2.46. The van der Waals surface area contributed by atoms with Crippen LogP contribution in [-0.4, -0.2) is 16.9 Å². The van der Waals surface area contributed by atoms with E-state index >= 15 is 0 Å². The number of carbonyl (C=O) groups excluding carboxylic acids is 1. The maximum atomic E-state index is 13.1. The topological polar surface area (TPSA) is 42.4 Å². The van der Waals surface area contributed by atoms with Crippen molar-refractivity contribution in [2.75, 3.05) is 4.90 Å². The molecule has 1 amide bonds. The number of amides is 1. The van der Waals surface area contributed by atoms with Crippen LogP contribution in [0.1, 0.15) is 61.9 Å².